The maximum Gasteiger partial charge on any atom is 0.273 e. The van der Waals surface area contributed by atoms with Gasteiger partial charge < -0.3 is 14.5 Å². The van der Waals surface area contributed by atoms with Crippen molar-refractivity contribution in [2.24, 2.45) is 5.92 Å². The minimum absolute atomic E-state index is 0.138. The largest absolute Gasteiger partial charge is 0.483 e. The third-order valence-corrected chi connectivity index (χ3v) is 5.10. The van der Waals surface area contributed by atoms with E-state index in [2.05, 4.69) is 40.0 Å². The van der Waals surface area contributed by atoms with Crippen LogP contribution in [0.5, 0.6) is 5.75 Å². The first-order chi connectivity index (χ1) is 13.6. The van der Waals surface area contributed by atoms with E-state index in [0.29, 0.717) is 24.1 Å². The van der Waals surface area contributed by atoms with Crippen molar-refractivity contribution in [2.45, 2.75) is 32.5 Å². The van der Waals surface area contributed by atoms with Gasteiger partial charge in [-0.3, -0.25) is 20.6 Å². The summed E-state index contributed by atoms with van der Waals surface area (Å²) < 4.78 is 11.2. The van der Waals surface area contributed by atoms with Gasteiger partial charge in [0, 0.05) is 47.7 Å². The van der Waals surface area contributed by atoms with Crippen molar-refractivity contribution >= 4 is 16.7 Å². The van der Waals surface area contributed by atoms with Gasteiger partial charge in [0.2, 0.25) is 5.89 Å². The number of ether oxygens (including phenoxy) is 1. The van der Waals surface area contributed by atoms with Crippen LogP contribution >= 0.6 is 0 Å². The first-order valence-corrected chi connectivity index (χ1v) is 9.31. The van der Waals surface area contributed by atoms with E-state index in [1.165, 1.54) is 6.26 Å². The molecule has 1 fully saturated rings. The van der Waals surface area contributed by atoms with Gasteiger partial charge in [-0.2, -0.15) is 0 Å². The standard InChI is InChI=1S/C20H23N5O3/c1-12-16(13(2)25-24-12)9-22-20(26)17-10-28-19(23-17)11-27-18-5-3-4-14-8-21-7-6-15(14)18/h3-8,10,12-13,16,24-25H,9,11H2,1-2H3,(H,22,26). The number of fused-ring (bicyclic) bond motifs is 1. The van der Waals surface area contributed by atoms with Crippen LogP contribution in [0, 0.1) is 5.92 Å². The minimum atomic E-state index is -0.252. The third-order valence-electron chi connectivity index (χ3n) is 5.10. The maximum atomic E-state index is 12.4. The number of nitrogens with one attached hydrogen (secondary N) is 3. The smallest absolute Gasteiger partial charge is 0.273 e. The second-order valence-corrected chi connectivity index (χ2v) is 7.01. The molecular weight excluding hydrogens is 358 g/mol. The van der Waals surface area contributed by atoms with Gasteiger partial charge in [0.15, 0.2) is 12.3 Å². The Balaban J connectivity index is 1.35. The van der Waals surface area contributed by atoms with E-state index in [-0.39, 0.29) is 30.3 Å². The summed E-state index contributed by atoms with van der Waals surface area (Å²) in [6.45, 7) is 4.87. The predicted octanol–water partition coefficient (Wildman–Crippen LogP) is 2.03. The summed E-state index contributed by atoms with van der Waals surface area (Å²) in [6, 6.07) is 8.22. The van der Waals surface area contributed by atoms with Gasteiger partial charge in [-0.1, -0.05) is 12.1 Å². The summed E-state index contributed by atoms with van der Waals surface area (Å²) in [5, 5.41) is 4.88. The van der Waals surface area contributed by atoms with Gasteiger partial charge in [0.05, 0.1) is 0 Å². The zero-order valence-electron chi connectivity index (χ0n) is 15.8. The Hall–Kier alpha value is -2.97. The third kappa shape index (κ3) is 3.83. The summed E-state index contributed by atoms with van der Waals surface area (Å²) in [6.07, 6.45) is 4.87. The zero-order valence-corrected chi connectivity index (χ0v) is 15.8. The number of carbonyl (C=O) groups excluding carboxylic acids is 1. The molecule has 3 N–H and O–H groups in total. The molecule has 1 aliphatic heterocycles. The van der Waals surface area contributed by atoms with E-state index >= 15 is 0 Å². The Bertz CT molecular complexity index is 958. The topological polar surface area (TPSA) is 101 Å². The van der Waals surface area contributed by atoms with E-state index in [1.807, 2.05) is 24.3 Å². The Morgan fingerprint density at radius 1 is 1.25 bits per heavy atom. The highest BCUT2D eigenvalue weighted by molar-refractivity contribution is 5.91. The minimum Gasteiger partial charge on any atom is -0.483 e. The van der Waals surface area contributed by atoms with Crippen molar-refractivity contribution in [1.82, 2.24) is 26.1 Å². The van der Waals surface area contributed by atoms with Crippen LogP contribution in [0.3, 0.4) is 0 Å². The first-order valence-electron chi connectivity index (χ1n) is 9.31. The monoisotopic (exact) mass is 381 g/mol. The molecule has 1 aromatic carbocycles. The van der Waals surface area contributed by atoms with Crippen molar-refractivity contribution in [3.63, 3.8) is 0 Å². The second-order valence-electron chi connectivity index (χ2n) is 7.01. The predicted molar refractivity (Wildman–Crippen MR) is 104 cm³/mol. The first kappa shape index (κ1) is 18.4. The van der Waals surface area contributed by atoms with Crippen molar-refractivity contribution in [1.29, 1.82) is 0 Å². The summed E-state index contributed by atoms with van der Waals surface area (Å²) in [5.74, 6) is 1.12. The number of oxazole rings is 1. The molecule has 0 spiro atoms. The Morgan fingerprint density at radius 3 is 2.89 bits per heavy atom. The number of amides is 1. The van der Waals surface area contributed by atoms with Crippen LogP contribution in [-0.4, -0.2) is 34.5 Å². The molecule has 3 heterocycles. The van der Waals surface area contributed by atoms with Gasteiger partial charge in [-0.15, -0.1) is 0 Å². The fraction of sp³-hybridized carbons (Fsp3) is 0.350. The molecule has 2 aromatic heterocycles. The molecule has 2 atom stereocenters. The van der Waals surface area contributed by atoms with Gasteiger partial charge in [0.25, 0.3) is 5.91 Å². The molecule has 1 saturated heterocycles. The van der Waals surface area contributed by atoms with Crippen LogP contribution in [0.4, 0.5) is 0 Å². The Labute approximate surface area is 162 Å². The van der Waals surface area contributed by atoms with Gasteiger partial charge in [0.1, 0.15) is 12.0 Å². The molecule has 0 radical (unpaired) electrons. The number of hydrazine groups is 1. The lowest BCUT2D eigenvalue weighted by atomic mass is 9.97. The highest BCUT2D eigenvalue weighted by atomic mass is 16.5. The van der Waals surface area contributed by atoms with Crippen LogP contribution in [-0.2, 0) is 6.61 Å². The maximum absolute atomic E-state index is 12.4. The zero-order chi connectivity index (χ0) is 19.5. The highest BCUT2D eigenvalue weighted by Crippen LogP contribution is 2.25. The van der Waals surface area contributed by atoms with Crippen LogP contribution in [0.15, 0.2) is 47.3 Å². The van der Waals surface area contributed by atoms with Crippen molar-refractivity contribution < 1.29 is 13.9 Å². The lowest BCUT2D eigenvalue weighted by Crippen LogP contribution is -2.37. The fourth-order valence-corrected chi connectivity index (χ4v) is 3.40. The molecule has 1 amide bonds. The average Bonchev–Trinajstić information content (AvgIpc) is 3.31. The number of nitrogens with zero attached hydrogens (tertiary/aromatic N) is 2. The highest BCUT2D eigenvalue weighted by Gasteiger charge is 2.30. The summed E-state index contributed by atoms with van der Waals surface area (Å²) in [7, 11) is 0. The van der Waals surface area contributed by atoms with Gasteiger partial charge in [-0.25, -0.2) is 4.98 Å². The van der Waals surface area contributed by atoms with E-state index in [1.54, 1.807) is 12.4 Å². The van der Waals surface area contributed by atoms with Crippen LogP contribution in [0.2, 0.25) is 0 Å². The number of benzene rings is 1. The Morgan fingerprint density at radius 2 is 2.07 bits per heavy atom. The molecule has 0 bridgehead atoms. The molecule has 28 heavy (non-hydrogen) atoms. The number of hydrogen-bond acceptors (Lipinski definition) is 7. The van der Waals surface area contributed by atoms with Crippen LogP contribution < -0.4 is 20.9 Å². The number of hydrogen-bond donors (Lipinski definition) is 3. The molecule has 0 aliphatic carbocycles. The summed E-state index contributed by atoms with van der Waals surface area (Å²) in [5.41, 5.74) is 6.60. The molecule has 0 saturated carbocycles. The Kier molecular flexibility index (Phi) is 5.23. The molecule has 2 unspecified atom stereocenters. The summed E-state index contributed by atoms with van der Waals surface area (Å²) in [4.78, 5) is 20.7. The molecule has 8 heteroatoms. The van der Waals surface area contributed by atoms with Crippen molar-refractivity contribution in [3.05, 3.63) is 54.5 Å². The molecule has 3 aromatic rings. The summed E-state index contributed by atoms with van der Waals surface area (Å²) >= 11 is 0. The van der Waals surface area contributed by atoms with Crippen molar-refractivity contribution in [2.75, 3.05) is 6.54 Å². The average molecular weight is 381 g/mol. The quantitative estimate of drug-likeness (QED) is 0.600. The fourth-order valence-electron chi connectivity index (χ4n) is 3.40. The molecular formula is C20H23N5O3. The number of pyridine rings is 1. The second kappa shape index (κ2) is 7.95. The molecule has 1 aliphatic rings. The van der Waals surface area contributed by atoms with Gasteiger partial charge in [-0.05, 0) is 26.0 Å². The molecule has 4 rings (SSSR count). The molecule has 8 nitrogen and oxygen atoms in total. The van der Waals surface area contributed by atoms with E-state index < -0.39 is 0 Å². The normalized spacial score (nSPS) is 21.7. The van der Waals surface area contributed by atoms with E-state index in [9.17, 15) is 4.79 Å². The SMILES string of the molecule is CC1NNC(C)C1CNC(=O)c1coc(COc2cccc3cnccc23)n1. The van der Waals surface area contributed by atoms with Crippen LogP contribution in [0.1, 0.15) is 30.2 Å². The lowest BCUT2D eigenvalue weighted by molar-refractivity contribution is 0.0940. The van der Waals surface area contributed by atoms with Crippen molar-refractivity contribution in [3.8, 4) is 5.75 Å². The van der Waals surface area contributed by atoms with Crippen LogP contribution in [0.25, 0.3) is 10.8 Å². The lowest BCUT2D eigenvalue weighted by Gasteiger charge is -2.17. The number of rotatable bonds is 6. The molecule has 146 valence electrons. The van der Waals surface area contributed by atoms with E-state index in [0.717, 1.165) is 10.8 Å². The van der Waals surface area contributed by atoms with E-state index in [4.69, 9.17) is 9.15 Å². The number of carbonyl (C=O) groups is 1. The number of aromatic nitrogens is 2. The van der Waals surface area contributed by atoms with Gasteiger partial charge >= 0.3 is 0 Å².